The van der Waals surface area contributed by atoms with Crippen LogP contribution in [-0.4, -0.2) is 0 Å². The number of benzene rings is 11. The smallest absolute Gasteiger partial charge is 0.132 e. The highest BCUT2D eigenvalue weighted by molar-refractivity contribution is 6.01. The Morgan fingerprint density at radius 2 is 0.769 bits per heavy atom. The van der Waals surface area contributed by atoms with E-state index in [1.165, 1.54) is 94.6 Å². The molecule has 2 aliphatic carbocycles. The van der Waals surface area contributed by atoms with E-state index in [2.05, 4.69) is 307 Å². The van der Waals surface area contributed by atoms with Gasteiger partial charge in [0, 0.05) is 28.1 Å². The molecule has 2 nitrogen and oxygen atoms in total. The summed E-state index contributed by atoms with van der Waals surface area (Å²) < 4.78 is 7.05. The molecule has 2 heteroatoms. The molecule has 0 radical (unpaired) electrons. The molecule has 0 N–H and O–H groups in total. The summed E-state index contributed by atoms with van der Waals surface area (Å²) in [7, 11) is 0. The van der Waals surface area contributed by atoms with E-state index in [1.54, 1.807) is 0 Å². The lowest BCUT2D eigenvalue weighted by atomic mass is 9.64. The van der Waals surface area contributed by atoms with Crippen molar-refractivity contribution < 1.29 is 4.74 Å². The predicted molar refractivity (Wildman–Crippen MR) is 324 cm³/mol. The Morgan fingerprint density at radius 3 is 1.37 bits per heavy atom. The molecular weight excluding hydrogens is 943 g/mol. The minimum Gasteiger partial charge on any atom is -0.457 e. The molecule has 3 aliphatic rings. The van der Waals surface area contributed by atoms with Crippen molar-refractivity contribution in [2.24, 2.45) is 0 Å². The fraction of sp³-hybridized carbons (Fsp3) is 0.132. The topological polar surface area (TPSA) is 12.5 Å². The maximum Gasteiger partial charge on any atom is 0.132 e. The lowest BCUT2D eigenvalue weighted by molar-refractivity contribution is 0.433. The Morgan fingerprint density at radius 1 is 0.308 bits per heavy atom. The van der Waals surface area contributed by atoms with Crippen LogP contribution in [-0.2, 0) is 21.7 Å². The number of rotatable bonds is 7. The van der Waals surface area contributed by atoms with E-state index in [9.17, 15) is 0 Å². The monoisotopic (exact) mass is 1000 g/mol. The summed E-state index contributed by atoms with van der Waals surface area (Å²) in [6.45, 7) is 13.9. The van der Waals surface area contributed by atoms with Crippen LogP contribution in [0.25, 0.3) is 44.5 Å². The van der Waals surface area contributed by atoms with E-state index in [0.29, 0.717) is 0 Å². The molecule has 0 amide bonds. The first-order valence-electron chi connectivity index (χ1n) is 27.6. The number of hydrogen-bond donors (Lipinski definition) is 0. The normalized spacial score (nSPS) is 14.1. The molecule has 376 valence electrons. The Balaban J connectivity index is 1.04. The molecule has 0 bridgehead atoms. The van der Waals surface area contributed by atoms with Gasteiger partial charge in [-0.25, -0.2) is 0 Å². The van der Waals surface area contributed by atoms with E-state index in [1.807, 2.05) is 0 Å². The first kappa shape index (κ1) is 47.5. The second-order valence-corrected chi connectivity index (χ2v) is 23.6. The van der Waals surface area contributed by atoms with Crippen molar-refractivity contribution in [3.8, 4) is 56.0 Å². The minimum absolute atomic E-state index is 0.0869. The van der Waals surface area contributed by atoms with Crippen molar-refractivity contribution in [1.29, 1.82) is 0 Å². The molecular formula is C76H61NO. The molecule has 14 rings (SSSR count). The molecule has 1 spiro atoms. The molecule has 0 saturated carbocycles. The highest BCUT2D eigenvalue weighted by Crippen LogP contribution is 2.65. The molecule has 11 aromatic carbocycles. The largest absolute Gasteiger partial charge is 0.457 e. The van der Waals surface area contributed by atoms with Crippen molar-refractivity contribution in [3.05, 3.63) is 316 Å². The zero-order chi connectivity index (χ0) is 53.0. The van der Waals surface area contributed by atoms with Crippen LogP contribution in [0.1, 0.15) is 97.2 Å². The lowest BCUT2D eigenvalue weighted by Gasteiger charge is -2.41. The number of anilines is 3. The van der Waals surface area contributed by atoms with Crippen molar-refractivity contribution in [2.45, 2.75) is 63.2 Å². The standard InChI is InChI=1S/C76H61NO/c1-73(2,3)54-39-45-70-67(47-54)76(68-48-55(74(4,5)6)40-46-71(68)78-70)64-34-20-17-31-62(64)72-61(32-22-35-65(72)76)60-30-18-21-36-69(60)77(56-41-37-51(38-42-56)50-23-10-7-11-24-50)57-43-44-59-58-29-16-19-33-63(58)75(66(59)49-57,52-25-12-8-13-26-52)53-27-14-9-15-28-53/h7-49H,1-6H3. The number of fused-ring (bicyclic) bond motifs is 12. The second-order valence-electron chi connectivity index (χ2n) is 23.6. The average Bonchev–Trinajstić information content (AvgIpc) is 3.87. The van der Waals surface area contributed by atoms with E-state index in [0.717, 1.165) is 34.1 Å². The van der Waals surface area contributed by atoms with Crippen LogP contribution in [0.15, 0.2) is 261 Å². The van der Waals surface area contributed by atoms with Crippen LogP contribution in [0, 0.1) is 0 Å². The van der Waals surface area contributed by atoms with Crippen molar-refractivity contribution >= 4 is 17.1 Å². The van der Waals surface area contributed by atoms with Gasteiger partial charge in [0.15, 0.2) is 0 Å². The number of nitrogens with zero attached hydrogens (tertiary/aromatic N) is 1. The number of hydrogen-bond acceptors (Lipinski definition) is 2. The maximum atomic E-state index is 7.05. The van der Waals surface area contributed by atoms with Gasteiger partial charge in [-0.15, -0.1) is 0 Å². The van der Waals surface area contributed by atoms with Gasteiger partial charge in [-0.2, -0.15) is 0 Å². The summed E-state index contributed by atoms with van der Waals surface area (Å²) in [6, 6.07) is 97.6. The molecule has 0 fully saturated rings. The van der Waals surface area contributed by atoms with E-state index < -0.39 is 10.8 Å². The quantitative estimate of drug-likeness (QED) is 0.158. The summed E-state index contributed by atoms with van der Waals surface area (Å²) in [4.78, 5) is 2.51. The van der Waals surface area contributed by atoms with Crippen molar-refractivity contribution in [2.75, 3.05) is 4.90 Å². The van der Waals surface area contributed by atoms with Crippen LogP contribution in [0.4, 0.5) is 17.1 Å². The van der Waals surface area contributed by atoms with Gasteiger partial charge in [-0.3, -0.25) is 0 Å². The van der Waals surface area contributed by atoms with Crippen LogP contribution < -0.4 is 9.64 Å². The third-order valence-corrected chi connectivity index (χ3v) is 17.2. The Labute approximate surface area is 460 Å². The molecule has 1 aliphatic heterocycles. The van der Waals surface area contributed by atoms with Gasteiger partial charge >= 0.3 is 0 Å². The summed E-state index contributed by atoms with van der Waals surface area (Å²) in [5.41, 5.74) is 24.0. The molecule has 0 atom stereocenters. The van der Waals surface area contributed by atoms with Gasteiger partial charge in [0.1, 0.15) is 11.5 Å². The summed E-state index contributed by atoms with van der Waals surface area (Å²) >= 11 is 0. The first-order chi connectivity index (χ1) is 38.0. The summed E-state index contributed by atoms with van der Waals surface area (Å²) in [5.74, 6) is 1.80. The van der Waals surface area contributed by atoms with E-state index in [4.69, 9.17) is 4.74 Å². The summed E-state index contributed by atoms with van der Waals surface area (Å²) in [5, 5.41) is 0. The Bertz CT molecular complexity index is 4020. The molecule has 0 aromatic heterocycles. The predicted octanol–water partition coefficient (Wildman–Crippen LogP) is 19.9. The zero-order valence-corrected chi connectivity index (χ0v) is 45.2. The SMILES string of the molecule is CC(C)(C)c1ccc2c(c1)C1(c3cc(C(C)(C)C)ccc3O2)c2ccccc2-c2c(-c3ccccc3N(c3ccc(-c4ccccc4)cc3)c3ccc4c(c3)C(c3ccccc3)(c3ccccc3)c3ccccc3-4)cccc21. The third kappa shape index (κ3) is 7.09. The first-order valence-corrected chi connectivity index (χ1v) is 27.6. The van der Waals surface area contributed by atoms with Gasteiger partial charge in [0.05, 0.1) is 16.5 Å². The van der Waals surface area contributed by atoms with Gasteiger partial charge < -0.3 is 9.64 Å². The second kappa shape index (κ2) is 17.8. The van der Waals surface area contributed by atoms with Crippen LogP contribution in [0.3, 0.4) is 0 Å². The van der Waals surface area contributed by atoms with Crippen LogP contribution in [0.5, 0.6) is 11.5 Å². The molecule has 0 saturated heterocycles. The molecule has 0 unspecified atom stereocenters. The molecule has 11 aromatic rings. The third-order valence-electron chi connectivity index (χ3n) is 17.2. The van der Waals surface area contributed by atoms with E-state index in [-0.39, 0.29) is 10.8 Å². The maximum absolute atomic E-state index is 7.05. The minimum atomic E-state index is -0.664. The van der Waals surface area contributed by atoms with Crippen LogP contribution >= 0.6 is 0 Å². The average molecular weight is 1000 g/mol. The fourth-order valence-electron chi connectivity index (χ4n) is 13.5. The number of ether oxygens (including phenoxy) is 1. The zero-order valence-electron chi connectivity index (χ0n) is 45.2. The van der Waals surface area contributed by atoms with E-state index >= 15 is 0 Å². The Hall–Kier alpha value is -8.98. The molecule has 78 heavy (non-hydrogen) atoms. The number of para-hydroxylation sites is 1. The van der Waals surface area contributed by atoms with Crippen molar-refractivity contribution in [3.63, 3.8) is 0 Å². The van der Waals surface area contributed by atoms with Gasteiger partial charge in [-0.05, 0) is 149 Å². The van der Waals surface area contributed by atoms with Crippen molar-refractivity contribution in [1.82, 2.24) is 0 Å². The highest BCUT2D eigenvalue weighted by atomic mass is 16.5. The lowest BCUT2D eigenvalue weighted by Crippen LogP contribution is -2.33. The molecule has 1 heterocycles. The van der Waals surface area contributed by atoms with Gasteiger partial charge in [0.2, 0.25) is 0 Å². The Kier molecular flexibility index (Phi) is 10.8. The van der Waals surface area contributed by atoms with Gasteiger partial charge in [-0.1, -0.05) is 248 Å². The fourth-order valence-corrected chi connectivity index (χ4v) is 13.5. The van der Waals surface area contributed by atoms with Gasteiger partial charge in [0.25, 0.3) is 0 Å². The summed E-state index contributed by atoms with van der Waals surface area (Å²) in [6.07, 6.45) is 0. The highest BCUT2D eigenvalue weighted by Gasteiger charge is 2.53. The van der Waals surface area contributed by atoms with Crippen LogP contribution in [0.2, 0.25) is 0 Å².